The Morgan fingerprint density at radius 3 is 0.984 bits per heavy atom. The lowest BCUT2D eigenvalue weighted by molar-refractivity contribution is -0.167. The zero-order chi connectivity index (χ0) is 45.8. The molecule has 0 aliphatic rings. The smallest absolute Gasteiger partial charge is 0.306 e. The number of carbonyl (C=O) groups is 3. The zero-order valence-corrected chi connectivity index (χ0v) is 41.3. The molecule has 6 heteroatoms. The van der Waals surface area contributed by atoms with Crippen molar-refractivity contribution < 1.29 is 28.6 Å². The third-order valence-corrected chi connectivity index (χ3v) is 11.2. The Balaban J connectivity index is 4.49. The maximum absolute atomic E-state index is 12.8. The Hall–Kier alpha value is -3.15. The highest BCUT2D eigenvalue weighted by atomic mass is 16.6. The number of hydrogen-bond donors (Lipinski definition) is 0. The lowest BCUT2D eigenvalue weighted by Crippen LogP contribution is -2.30. The van der Waals surface area contributed by atoms with Crippen molar-refractivity contribution in [3.05, 3.63) is 72.9 Å². The monoisotopic (exact) mass is 879 g/mol. The van der Waals surface area contributed by atoms with Crippen molar-refractivity contribution in [3.63, 3.8) is 0 Å². The van der Waals surface area contributed by atoms with Crippen molar-refractivity contribution in [3.8, 4) is 0 Å². The van der Waals surface area contributed by atoms with Gasteiger partial charge in [-0.15, -0.1) is 0 Å². The number of carbonyl (C=O) groups excluding carboxylic acids is 3. The molecule has 362 valence electrons. The topological polar surface area (TPSA) is 78.9 Å². The van der Waals surface area contributed by atoms with Gasteiger partial charge in [-0.25, -0.2) is 0 Å². The standard InChI is InChI=1S/C57H98O6/c1-4-7-10-13-16-19-22-25-27-28-30-32-35-38-41-44-47-50-56(59)62-53-54(52-61-55(58)49-46-43-40-37-34-31-24-21-18-15-12-9-6-3)63-57(60)51-48-45-42-39-36-33-29-26-23-20-17-14-11-8-5-2/h16-17,19-20,25-27,29-30,32,38,41,54H,4-15,18,21-24,28,31,33-37,39-40,42-53H2,1-3H3/t54-/m1/s1. The third-order valence-electron chi connectivity index (χ3n) is 11.2. The van der Waals surface area contributed by atoms with Crippen LogP contribution in [0.25, 0.3) is 0 Å². The zero-order valence-electron chi connectivity index (χ0n) is 41.3. The molecule has 6 nitrogen and oxygen atoms in total. The Morgan fingerprint density at radius 2 is 0.587 bits per heavy atom. The van der Waals surface area contributed by atoms with Crippen LogP contribution < -0.4 is 0 Å². The molecule has 0 saturated heterocycles. The van der Waals surface area contributed by atoms with E-state index in [-0.39, 0.29) is 37.5 Å². The molecule has 0 spiro atoms. The van der Waals surface area contributed by atoms with E-state index in [0.717, 1.165) is 89.9 Å². The molecule has 0 amide bonds. The molecular weight excluding hydrogens is 781 g/mol. The minimum Gasteiger partial charge on any atom is -0.462 e. The predicted molar refractivity (Wildman–Crippen MR) is 270 cm³/mol. The number of esters is 3. The third kappa shape index (κ3) is 49.7. The van der Waals surface area contributed by atoms with Crippen molar-refractivity contribution in [1.82, 2.24) is 0 Å². The second kappa shape index (κ2) is 51.5. The van der Waals surface area contributed by atoms with Gasteiger partial charge in [0, 0.05) is 19.3 Å². The number of hydrogen-bond acceptors (Lipinski definition) is 6. The maximum Gasteiger partial charge on any atom is 0.306 e. The first-order valence-electron chi connectivity index (χ1n) is 26.4. The van der Waals surface area contributed by atoms with Crippen LogP contribution >= 0.6 is 0 Å². The van der Waals surface area contributed by atoms with Gasteiger partial charge in [0.2, 0.25) is 0 Å². The van der Waals surface area contributed by atoms with Gasteiger partial charge in [0.1, 0.15) is 13.2 Å². The van der Waals surface area contributed by atoms with Crippen LogP contribution in [0.15, 0.2) is 72.9 Å². The quantitative estimate of drug-likeness (QED) is 0.0262. The highest BCUT2D eigenvalue weighted by molar-refractivity contribution is 5.71. The summed E-state index contributed by atoms with van der Waals surface area (Å²) in [4.78, 5) is 38.0. The van der Waals surface area contributed by atoms with E-state index in [9.17, 15) is 14.4 Å². The van der Waals surface area contributed by atoms with Gasteiger partial charge in [-0.2, -0.15) is 0 Å². The van der Waals surface area contributed by atoms with E-state index in [4.69, 9.17) is 14.2 Å². The summed E-state index contributed by atoms with van der Waals surface area (Å²) in [6.07, 6.45) is 64.5. The average molecular weight is 879 g/mol. The molecule has 0 unspecified atom stereocenters. The maximum atomic E-state index is 12.8. The van der Waals surface area contributed by atoms with E-state index in [2.05, 4.69) is 93.7 Å². The van der Waals surface area contributed by atoms with Gasteiger partial charge in [0.25, 0.3) is 0 Å². The minimum absolute atomic E-state index is 0.0965. The summed E-state index contributed by atoms with van der Waals surface area (Å²) in [6.45, 7) is 6.53. The van der Waals surface area contributed by atoms with E-state index in [0.29, 0.717) is 19.3 Å². The SMILES string of the molecule is CCCCCC=CCC=CCC=CCC=CCCCC(=O)OC[C@@H](COC(=O)CCCCCCCCCCCCCCC)OC(=O)CCCCCCCC=CCC=CCCCCC. The fourth-order valence-electron chi connectivity index (χ4n) is 7.17. The molecule has 0 aliphatic carbocycles. The molecule has 0 heterocycles. The first-order valence-corrected chi connectivity index (χ1v) is 26.4. The molecule has 0 aromatic rings. The van der Waals surface area contributed by atoms with Gasteiger partial charge in [0.15, 0.2) is 6.10 Å². The molecular formula is C57H98O6. The molecule has 0 aromatic heterocycles. The first-order chi connectivity index (χ1) is 31.0. The summed E-state index contributed by atoms with van der Waals surface area (Å²) >= 11 is 0. The summed E-state index contributed by atoms with van der Waals surface area (Å²) in [5, 5.41) is 0. The largest absolute Gasteiger partial charge is 0.462 e. The fraction of sp³-hybridized carbons (Fsp3) is 0.737. The van der Waals surface area contributed by atoms with E-state index in [1.807, 2.05) is 0 Å². The number of unbranched alkanes of at least 4 members (excludes halogenated alkanes) is 24. The molecule has 0 bridgehead atoms. The van der Waals surface area contributed by atoms with Crippen molar-refractivity contribution >= 4 is 17.9 Å². The van der Waals surface area contributed by atoms with E-state index < -0.39 is 6.10 Å². The Labute approximate surface area is 389 Å². The molecule has 0 aromatic carbocycles. The van der Waals surface area contributed by atoms with Gasteiger partial charge >= 0.3 is 17.9 Å². The van der Waals surface area contributed by atoms with Crippen molar-refractivity contribution in [2.75, 3.05) is 13.2 Å². The van der Waals surface area contributed by atoms with Gasteiger partial charge in [-0.05, 0) is 89.9 Å². The van der Waals surface area contributed by atoms with Gasteiger partial charge in [-0.1, -0.05) is 216 Å². The lowest BCUT2D eigenvalue weighted by Gasteiger charge is -2.18. The molecule has 0 saturated carbocycles. The van der Waals surface area contributed by atoms with Crippen LogP contribution in [0.3, 0.4) is 0 Å². The van der Waals surface area contributed by atoms with Crippen molar-refractivity contribution in [1.29, 1.82) is 0 Å². The van der Waals surface area contributed by atoms with Crippen molar-refractivity contribution in [2.24, 2.45) is 0 Å². The Kier molecular flexibility index (Phi) is 48.9. The van der Waals surface area contributed by atoms with Crippen LogP contribution in [0.5, 0.6) is 0 Å². The second-order valence-corrected chi connectivity index (χ2v) is 17.4. The summed E-state index contributed by atoms with van der Waals surface area (Å²) in [5.74, 6) is -0.966. The van der Waals surface area contributed by atoms with E-state index >= 15 is 0 Å². The molecule has 0 radical (unpaired) electrons. The van der Waals surface area contributed by atoms with Crippen LogP contribution in [0.1, 0.15) is 252 Å². The molecule has 0 fully saturated rings. The van der Waals surface area contributed by atoms with Gasteiger partial charge < -0.3 is 14.2 Å². The molecule has 0 aliphatic heterocycles. The van der Waals surface area contributed by atoms with E-state index in [1.165, 1.54) is 116 Å². The normalized spacial score (nSPS) is 12.6. The molecule has 63 heavy (non-hydrogen) atoms. The summed E-state index contributed by atoms with van der Waals surface area (Å²) in [6, 6.07) is 0. The van der Waals surface area contributed by atoms with Crippen LogP contribution in [0.4, 0.5) is 0 Å². The Morgan fingerprint density at radius 1 is 0.317 bits per heavy atom. The molecule has 0 rings (SSSR count). The highest BCUT2D eigenvalue weighted by Gasteiger charge is 2.19. The Bertz CT molecular complexity index is 1190. The first kappa shape index (κ1) is 59.9. The highest BCUT2D eigenvalue weighted by Crippen LogP contribution is 2.14. The van der Waals surface area contributed by atoms with E-state index in [1.54, 1.807) is 0 Å². The summed E-state index contributed by atoms with van der Waals surface area (Å²) in [5.41, 5.74) is 0. The average Bonchev–Trinajstić information content (AvgIpc) is 3.28. The fourth-order valence-corrected chi connectivity index (χ4v) is 7.17. The summed E-state index contributed by atoms with van der Waals surface area (Å²) < 4.78 is 16.8. The van der Waals surface area contributed by atoms with Crippen LogP contribution in [0.2, 0.25) is 0 Å². The second-order valence-electron chi connectivity index (χ2n) is 17.4. The number of rotatable bonds is 47. The van der Waals surface area contributed by atoms with Crippen molar-refractivity contribution in [2.45, 2.75) is 258 Å². The number of ether oxygens (including phenoxy) is 3. The predicted octanol–water partition coefficient (Wildman–Crippen LogP) is 17.4. The lowest BCUT2D eigenvalue weighted by atomic mass is 10.0. The van der Waals surface area contributed by atoms with Crippen LogP contribution in [-0.2, 0) is 28.6 Å². The van der Waals surface area contributed by atoms with Gasteiger partial charge in [-0.3, -0.25) is 14.4 Å². The van der Waals surface area contributed by atoms with Gasteiger partial charge in [0.05, 0.1) is 0 Å². The molecule has 1 atom stereocenters. The van der Waals surface area contributed by atoms with Crippen LogP contribution in [0, 0.1) is 0 Å². The van der Waals surface area contributed by atoms with Crippen LogP contribution in [-0.4, -0.2) is 37.2 Å². The number of allylic oxidation sites excluding steroid dienone is 12. The molecule has 0 N–H and O–H groups in total. The minimum atomic E-state index is -0.802. The summed E-state index contributed by atoms with van der Waals surface area (Å²) in [7, 11) is 0.